The van der Waals surface area contributed by atoms with Crippen LogP contribution >= 0.6 is 15.9 Å². The van der Waals surface area contributed by atoms with E-state index in [2.05, 4.69) is 33.4 Å². The molecule has 0 spiro atoms. The number of carbonyl (C=O) groups is 1. The lowest BCUT2D eigenvalue weighted by molar-refractivity contribution is -0.139. The van der Waals surface area contributed by atoms with Crippen molar-refractivity contribution in [3.8, 4) is 0 Å². The molecule has 20 heavy (non-hydrogen) atoms. The van der Waals surface area contributed by atoms with Crippen LogP contribution in [0.2, 0.25) is 0 Å². The Kier molecular flexibility index (Phi) is 5.57. The standard InChI is InChI=1S/C15H21BrN2O2/c1-2-18(10-15(19)20)14-7-13(8-14)17-9-11-3-5-12(16)6-4-11/h3-6,13-14,17H,2,7-10H2,1H3,(H,19,20). The maximum absolute atomic E-state index is 10.8. The number of carboxylic acid groups (broad SMARTS) is 1. The molecule has 1 aromatic carbocycles. The summed E-state index contributed by atoms with van der Waals surface area (Å²) in [4.78, 5) is 12.8. The van der Waals surface area contributed by atoms with Crippen molar-refractivity contribution in [2.45, 2.75) is 38.4 Å². The third-order valence-corrected chi connectivity index (χ3v) is 4.41. The Balaban J connectivity index is 1.71. The number of likely N-dealkylation sites (N-methyl/N-ethyl adjacent to an activating group) is 1. The van der Waals surface area contributed by atoms with Crippen molar-refractivity contribution >= 4 is 21.9 Å². The van der Waals surface area contributed by atoms with Gasteiger partial charge in [-0.1, -0.05) is 35.0 Å². The predicted octanol–water partition coefficient (Wildman–Crippen LogP) is 2.48. The molecule has 0 aromatic heterocycles. The third-order valence-electron chi connectivity index (χ3n) is 3.88. The highest BCUT2D eigenvalue weighted by molar-refractivity contribution is 9.10. The summed E-state index contributed by atoms with van der Waals surface area (Å²) in [7, 11) is 0. The molecule has 1 fully saturated rings. The van der Waals surface area contributed by atoms with Gasteiger partial charge in [0.25, 0.3) is 0 Å². The second-order valence-electron chi connectivity index (χ2n) is 5.29. The van der Waals surface area contributed by atoms with Crippen LogP contribution in [-0.4, -0.2) is 41.1 Å². The van der Waals surface area contributed by atoms with Crippen molar-refractivity contribution in [1.82, 2.24) is 10.2 Å². The maximum Gasteiger partial charge on any atom is 0.317 e. The molecule has 0 amide bonds. The van der Waals surface area contributed by atoms with Crippen LogP contribution in [0.5, 0.6) is 0 Å². The lowest BCUT2D eigenvalue weighted by Gasteiger charge is -2.42. The molecule has 4 nitrogen and oxygen atoms in total. The molecule has 2 rings (SSSR count). The van der Waals surface area contributed by atoms with Gasteiger partial charge in [-0.25, -0.2) is 0 Å². The van der Waals surface area contributed by atoms with Crippen molar-refractivity contribution in [2.75, 3.05) is 13.1 Å². The first-order valence-electron chi connectivity index (χ1n) is 7.02. The van der Waals surface area contributed by atoms with Crippen LogP contribution < -0.4 is 5.32 Å². The molecule has 1 aliphatic rings. The predicted molar refractivity (Wildman–Crippen MR) is 82.7 cm³/mol. The van der Waals surface area contributed by atoms with E-state index in [-0.39, 0.29) is 6.54 Å². The first-order valence-corrected chi connectivity index (χ1v) is 7.81. The van der Waals surface area contributed by atoms with Crippen LogP contribution in [0, 0.1) is 0 Å². The van der Waals surface area contributed by atoms with E-state index in [1.54, 1.807) is 0 Å². The van der Waals surface area contributed by atoms with E-state index < -0.39 is 5.97 Å². The third kappa shape index (κ3) is 4.30. The van der Waals surface area contributed by atoms with Gasteiger partial charge >= 0.3 is 5.97 Å². The molecule has 0 aliphatic heterocycles. The number of carboxylic acids is 1. The summed E-state index contributed by atoms with van der Waals surface area (Å²) in [6, 6.07) is 9.23. The van der Waals surface area contributed by atoms with Gasteiger partial charge in [-0.05, 0) is 37.1 Å². The van der Waals surface area contributed by atoms with Crippen molar-refractivity contribution in [2.24, 2.45) is 0 Å². The SMILES string of the molecule is CCN(CC(=O)O)C1CC(NCc2ccc(Br)cc2)C1. The molecular weight excluding hydrogens is 320 g/mol. The van der Waals surface area contributed by atoms with Gasteiger partial charge in [0.15, 0.2) is 0 Å². The largest absolute Gasteiger partial charge is 0.480 e. The van der Waals surface area contributed by atoms with Gasteiger partial charge in [0.2, 0.25) is 0 Å². The summed E-state index contributed by atoms with van der Waals surface area (Å²) in [5, 5.41) is 12.4. The summed E-state index contributed by atoms with van der Waals surface area (Å²) < 4.78 is 1.09. The Hall–Kier alpha value is -0.910. The summed E-state index contributed by atoms with van der Waals surface area (Å²) >= 11 is 3.43. The van der Waals surface area contributed by atoms with Gasteiger partial charge in [-0.2, -0.15) is 0 Å². The number of nitrogens with zero attached hydrogens (tertiary/aromatic N) is 1. The highest BCUT2D eigenvalue weighted by Crippen LogP contribution is 2.25. The molecule has 0 bridgehead atoms. The van der Waals surface area contributed by atoms with Crippen LogP contribution in [0.25, 0.3) is 0 Å². The highest BCUT2D eigenvalue weighted by Gasteiger charge is 2.33. The van der Waals surface area contributed by atoms with Crippen molar-refractivity contribution in [1.29, 1.82) is 0 Å². The van der Waals surface area contributed by atoms with Gasteiger partial charge in [0.1, 0.15) is 0 Å². The Morgan fingerprint density at radius 1 is 1.40 bits per heavy atom. The second kappa shape index (κ2) is 7.20. The van der Waals surface area contributed by atoms with E-state index in [0.29, 0.717) is 12.1 Å². The zero-order valence-corrected chi connectivity index (χ0v) is 13.3. The number of halogens is 1. The van der Waals surface area contributed by atoms with E-state index in [9.17, 15) is 4.79 Å². The molecule has 110 valence electrons. The monoisotopic (exact) mass is 340 g/mol. The average molecular weight is 341 g/mol. The molecule has 0 saturated heterocycles. The van der Waals surface area contributed by atoms with Crippen LogP contribution in [0.4, 0.5) is 0 Å². The lowest BCUT2D eigenvalue weighted by atomic mass is 9.85. The van der Waals surface area contributed by atoms with Gasteiger partial charge in [-0.15, -0.1) is 0 Å². The fourth-order valence-electron chi connectivity index (χ4n) is 2.59. The number of benzene rings is 1. The minimum atomic E-state index is -0.738. The average Bonchev–Trinajstić information content (AvgIpc) is 2.37. The number of hydrogen-bond acceptors (Lipinski definition) is 3. The lowest BCUT2D eigenvalue weighted by Crippen LogP contribution is -2.53. The van der Waals surface area contributed by atoms with Crippen LogP contribution in [-0.2, 0) is 11.3 Å². The molecule has 1 aromatic rings. The molecule has 1 saturated carbocycles. The molecule has 0 radical (unpaired) electrons. The number of hydrogen-bond donors (Lipinski definition) is 2. The first-order chi connectivity index (χ1) is 9.58. The number of nitrogens with one attached hydrogen (secondary N) is 1. The second-order valence-corrected chi connectivity index (χ2v) is 6.20. The fourth-order valence-corrected chi connectivity index (χ4v) is 2.85. The van der Waals surface area contributed by atoms with E-state index >= 15 is 0 Å². The molecule has 2 N–H and O–H groups in total. The summed E-state index contributed by atoms with van der Waals surface area (Å²) in [5.74, 6) is -0.738. The zero-order chi connectivity index (χ0) is 14.5. The summed E-state index contributed by atoms with van der Waals surface area (Å²) in [5.41, 5.74) is 1.27. The maximum atomic E-state index is 10.8. The van der Waals surface area contributed by atoms with Gasteiger partial charge in [0.05, 0.1) is 6.54 Å². The summed E-state index contributed by atoms with van der Waals surface area (Å²) in [6.07, 6.45) is 2.08. The van der Waals surface area contributed by atoms with E-state index in [1.807, 2.05) is 24.0 Å². The smallest absolute Gasteiger partial charge is 0.317 e. The zero-order valence-electron chi connectivity index (χ0n) is 11.7. The normalized spacial score (nSPS) is 21.8. The van der Waals surface area contributed by atoms with Gasteiger partial charge < -0.3 is 10.4 Å². The highest BCUT2D eigenvalue weighted by atomic mass is 79.9. The number of rotatable bonds is 7. The summed E-state index contributed by atoms with van der Waals surface area (Å²) in [6.45, 7) is 3.85. The topological polar surface area (TPSA) is 52.6 Å². The van der Waals surface area contributed by atoms with E-state index in [0.717, 1.165) is 30.4 Å². The Morgan fingerprint density at radius 2 is 2.05 bits per heavy atom. The van der Waals surface area contributed by atoms with Gasteiger partial charge in [0, 0.05) is 23.1 Å². The minimum absolute atomic E-state index is 0.153. The quantitative estimate of drug-likeness (QED) is 0.800. The molecule has 0 atom stereocenters. The molecule has 1 aliphatic carbocycles. The van der Waals surface area contributed by atoms with Gasteiger partial charge in [-0.3, -0.25) is 9.69 Å². The van der Waals surface area contributed by atoms with E-state index in [1.165, 1.54) is 5.56 Å². The molecule has 5 heteroatoms. The van der Waals surface area contributed by atoms with Crippen LogP contribution in [0.3, 0.4) is 0 Å². The first kappa shape index (κ1) is 15.5. The van der Waals surface area contributed by atoms with Crippen LogP contribution in [0.15, 0.2) is 28.7 Å². The Morgan fingerprint density at radius 3 is 2.60 bits per heavy atom. The van der Waals surface area contributed by atoms with Crippen molar-refractivity contribution < 1.29 is 9.90 Å². The van der Waals surface area contributed by atoms with Crippen LogP contribution in [0.1, 0.15) is 25.3 Å². The Labute approximate surface area is 128 Å². The molecule has 0 heterocycles. The fraction of sp³-hybridized carbons (Fsp3) is 0.533. The van der Waals surface area contributed by atoms with Crippen molar-refractivity contribution in [3.05, 3.63) is 34.3 Å². The molecule has 0 unspecified atom stereocenters. The van der Waals surface area contributed by atoms with E-state index in [4.69, 9.17) is 5.11 Å². The molecular formula is C15H21BrN2O2. The van der Waals surface area contributed by atoms with Crippen molar-refractivity contribution in [3.63, 3.8) is 0 Å². The number of aliphatic carboxylic acids is 1. The Bertz CT molecular complexity index is 444. The minimum Gasteiger partial charge on any atom is -0.480 e.